The fraction of sp³-hybridized carbons (Fsp3) is 0.321. The summed E-state index contributed by atoms with van der Waals surface area (Å²) in [6, 6.07) is 18.9. The van der Waals surface area contributed by atoms with Crippen LogP contribution < -0.4 is 14.8 Å². The molecule has 3 unspecified atom stereocenters. The first-order valence-corrected chi connectivity index (χ1v) is 11.4. The number of carbonyl (C=O) groups is 1. The van der Waals surface area contributed by atoms with Gasteiger partial charge in [-0.15, -0.1) is 0 Å². The van der Waals surface area contributed by atoms with Crippen molar-refractivity contribution in [2.24, 2.45) is 0 Å². The lowest BCUT2D eigenvalue weighted by molar-refractivity contribution is 0.0599. The van der Waals surface area contributed by atoms with Crippen LogP contribution in [0.15, 0.2) is 60.7 Å². The van der Waals surface area contributed by atoms with Gasteiger partial charge in [0.15, 0.2) is 11.6 Å². The second-order valence-corrected chi connectivity index (χ2v) is 8.66. The Morgan fingerprint density at radius 1 is 1.15 bits per heavy atom. The Hall–Kier alpha value is -3.38. The van der Waals surface area contributed by atoms with E-state index in [-0.39, 0.29) is 35.6 Å². The lowest BCUT2D eigenvalue weighted by atomic mass is 9.83. The van der Waals surface area contributed by atoms with Crippen molar-refractivity contribution in [2.45, 2.75) is 38.3 Å². The van der Waals surface area contributed by atoms with Gasteiger partial charge in [-0.3, -0.25) is 0 Å². The SMILES string of the molecule is COC(=O)c1cc(C2CC(CNC(C)c3ccc(F)c(OC)c3)Oc3ccccc32)ccc1C. The number of benzene rings is 3. The van der Waals surface area contributed by atoms with Gasteiger partial charge in [-0.05, 0) is 61.2 Å². The van der Waals surface area contributed by atoms with Crippen molar-refractivity contribution in [3.05, 3.63) is 94.3 Å². The highest BCUT2D eigenvalue weighted by Gasteiger charge is 2.30. The van der Waals surface area contributed by atoms with Gasteiger partial charge in [0.2, 0.25) is 0 Å². The first-order valence-electron chi connectivity index (χ1n) is 11.4. The van der Waals surface area contributed by atoms with Gasteiger partial charge >= 0.3 is 5.97 Å². The summed E-state index contributed by atoms with van der Waals surface area (Å²) in [6.45, 7) is 4.55. The van der Waals surface area contributed by atoms with Gasteiger partial charge in [-0.2, -0.15) is 0 Å². The zero-order chi connectivity index (χ0) is 24.2. The van der Waals surface area contributed by atoms with Gasteiger partial charge in [0.25, 0.3) is 0 Å². The maximum atomic E-state index is 13.8. The fourth-order valence-corrected chi connectivity index (χ4v) is 4.49. The molecule has 4 rings (SSSR count). The van der Waals surface area contributed by atoms with Crippen molar-refractivity contribution in [1.29, 1.82) is 0 Å². The van der Waals surface area contributed by atoms with Crippen LogP contribution in [0, 0.1) is 12.7 Å². The van der Waals surface area contributed by atoms with Crippen LogP contribution in [0.5, 0.6) is 11.5 Å². The number of hydrogen-bond donors (Lipinski definition) is 1. The smallest absolute Gasteiger partial charge is 0.338 e. The number of methoxy groups -OCH3 is 2. The Morgan fingerprint density at radius 2 is 1.94 bits per heavy atom. The number of aryl methyl sites for hydroxylation is 1. The Kier molecular flexibility index (Phi) is 7.17. The van der Waals surface area contributed by atoms with Crippen LogP contribution in [0.1, 0.15) is 57.9 Å². The summed E-state index contributed by atoms with van der Waals surface area (Å²) in [6.07, 6.45) is 0.681. The number of ether oxygens (including phenoxy) is 3. The average Bonchev–Trinajstić information content (AvgIpc) is 2.86. The number of nitrogens with one attached hydrogen (secondary N) is 1. The zero-order valence-electron chi connectivity index (χ0n) is 19.9. The Bertz CT molecular complexity index is 1180. The predicted molar refractivity (Wildman–Crippen MR) is 129 cm³/mol. The topological polar surface area (TPSA) is 56.8 Å². The molecule has 0 aliphatic carbocycles. The number of rotatable bonds is 7. The quantitative estimate of drug-likeness (QED) is 0.465. The zero-order valence-corrected chi connectivity index (χ0v) is 19.9. The molecule has 0 amide bonds. The molecule has 3 aromatic carbocycles. The highest BCUT2D eigenvalue weighted by Crippen LogP contribution is 2.40. The van der Waals surface area contributed by atoms with E-state index in [9.17, 15) is 9.18 Å². The first kappa shape index (κ1) is 23.8. The minimum Gasteiger partial charge on any atom is -0.494 e. The number of fused-ring (bicyclic) bond motifs is 1. The Balaban J connectivity index is 1.55. The van der Waals surface area contributed by atoms with E-state index in [1.165, 1.54) is 20.3 Å². The third kappa shape index (κ3) is 4.92. The lowest BCUT2D eigenvalue weighted by Crippen LogP contribution is -2.37. The molecule has 178 valence electrons. The molecule has 1 aliphatic rings. The molecule has 3 atom stereocenters. The normalized spacial score (nSPS) is 17.9. The molecule has 0 spiro atoms. The molecule has 0 bridgehead atoms. The van der Waals surface area contributed by atoms with Crippen LogP contribution in [0.25, 0.3) is 0 Å². The molecule has 0 saturated heterocycles. The first-order chi connectivity index (χ1) is 16.4. The van der Waals surface area contributed by atoms with E-state index in [0.29, 0.717) is 12.1 Å². The maximum absolute atomic E-state index is 13.8. The summed E-state index contributed by atoms with van der Waals surface area (Å²) < 4.78 is 30.2. The highest BCUT2D eigenvalue weighted by atomic mass is 19.1. The molecule has 0 radical (unpaired) electrons. The molecule has 0 fully saturated rings. The second kappa shape index (κ2) is 10.3. The highest BCUT2D eigenvalue weighted by molar-refractivity contribution is 5.91. The Morgan fingerprint density at radius 3 is 2.71 bits per heavy atom. The predicted octanol–water partition coefficient (Wildman–Crippen LogP) is 5.56. The van der Waals surface area contributed by atoms with Crippen LogP contribution in [-0.4, -0.2) is 32.8 Å². The number of carbonyl (C=O) groups excluding carboxylic acids is 1. The summed E-state index contributed by atoms with van der Waals surface area (Å²) in [5.74, 6) is 0.457. The monoisotopic (exact) mass is 463 g/mol. The maximum Gasteiger partial charge on any atom is 0.338 e. The number of esters is 1. The molecule has 0 saturated carbocycles. The molecule has 3 aromatic rings. The average molecular weight is 464 g/mol. The van der Waals surface area contributed by atoms with Crippen molar-refractivity contribution in [3.8, 4) is 11.5 Å². The molecular weight excluding hydrogens is 433 g/mol. The van der Waals surface area contributed by atoms with E-state index in [2.05, 4.69) is 17.4 Å². The molecule has 1 aliphatic heterocycles. The van der Waals surface area contributed by atoms with Crippen molar-refractivity contribution in [1.82, 2.24) is 5.32 Å². The third-order valence-corrected chi connectivity index (χ3v) is 6.48. The number of halogens is 1. The summed E-state index contributed by atoms with van der Waals surface area (Å²) in [7, 11) is 2.86. The van der Waals surface area contributed by atoms with Gasteiger partial charge < -0.3 is 19.5 Å². The van der Waals surface area contributed by atoms with Crippen molar-refractivity contribution in [3.63, 3.8) is 0 Å². The van der Waals surface area contributed by atoms with E-state index in [0.717, 1.165) is 34.4 Å². The van der Waals surface area contributed by atoms with E-state index in [4.69, 9.17) is 14.2 Å². The van der Waals surface area contributed by atoms with Gasteiger partial charge in [0.05, 0.1) is 19.8 Å². The van der Waals surface area contributed by atoms with Crippen LogP contribution >= 0.6 is 0 Å². The van der Waals surface area contributed by atoms with E-state index in [1.54, 1.807) is 12.1 Å². The summed E-state index contributed by atoms with van der Waals surface area (Å²) in [4.78, 5) is 12.3. The third-order valence-electron chi connectivity index (χ3n) is 6.48. The second-order valence-electron chi connectivity index (χ2n) is 8.66. The van der Waals surface area contributed by atoms with Crippen LogP contribution in [0.4, 0.5) is 4.39 Å². The molecular formula is C28H30FNO4. The van der Waals surface area contributed by atoms with Crippen LogP contribution in [0.2, 0.25) is 0 Å². The van der Waals surface area contributed by atoms with Crippen molar-refractivity contribution in [2.75, 3.05) is 20.8 Å². The van der Waals surface area contributed by atoms with Crippen molar-refractivity contribution < 1.29 is 23.4 Å². The number of hydrogen-bond acceptors (Lipinski definition) is 5. The molecule has 1 heterocycles. The molecule has 6 heteroatoms. The molecule has 34 heavy (non-hydrogen) atoms. The summed E-state index contributed by atoms with van der Waals surface area (Å²) in [5.41, 5.74) is 4.57. The van der Waals surface area contributed by atoms with E-state index in [1.807, 2.05) is 44.2 Å². The van der Waals surface area contributed by atoms with E-state index < -0.39 is 0 Å². The minimum atomic E-state index is -0.377. The van der Waals surface area contributed by atoms with Gasteiger partial charge in [-0.1, -0.05) is 36.4 Å². The van der Waals surface area contributed by atoms with Crippen molar-refractivity contribution >= 4 is 5.97 Å². The number of para-hydroxylation sites is 1. The van der Waals surface area contributed by atoms with Crippen LogP contribution in [0.3, 0.4) is 0 Å². The fourth-order valence-electron chi connectivity index (χ4n) is 4.49. The molecule has 5 nitrogen and oxygen atoms in total. The lowest BCUT2D eigenvalue weighted by Gasteiger charge is -2.33. The molecule has 0 aromatic heterocycles. The Labute approximate surface area is 199 Å². The minimum absolute atomic E-state index is 0.0148. The molecule has 1 N–H and O–H groups in total. The standard InChI is InChI=1S/C28H30FNO4/c1-17-9-10-20(13-23(17)28(31)33-4)24-15-21(34-26-8-6-5-7-22(24)26)16-30-18(2)19-11-12-25(29)27(14-19)32-3/h5-14,18,21,24,30H,15-16H2,1-4H3. The largest absolute Gasteiger partial charge is 0.494 e. The van der Waals surface area contributed by atoms with Gasteiger partial charge in [0, 0.05) is 24.1 Å². The van der Waals surface area contributed by atoms with E-state index >= 15 is 0 Å². The van der Waals surface area contributed by atoms with Crippen LogP contribution in [-0.2, 0) is 4.74 Å². The van der Waals surface area contributed by atoms with Gasteiger partial charge in [-0.25, -0.2) is 9.18 Å². The summed E-state index contributed by atoms with van der Waals surface area (Å²) >= 11 is 0. The summed E-state index contributed by atoms with van der Waals surface area (Å²) in [5, 5.41) is 3.51. The van der Waals surface area contributed by atoms with Gasteiger partial charge in [0.1, 0.15) is 11.9 Å².